The van der Waals surface area contributed by atoms with E-state index < -0.39 is 0 Å². The Balaban J connectivity index is 1.52. The van der Waals surface area contributed by atoms with Crippen LogP contribution in [0.15, 0.2) is 60.7 Å². The van der Waals surface area contributed by atoms with Crippen molar-refractivity contribution in [3.05, 3.63) is 82.9 Å². The highest BCUT2D eigenvalue weighted by molar-refractivity contribution is 6.32. The van der Waals surface area contributed by atoms with Crippen LogP contribution in [0.25, 0.3) is 0 Å². The number of ether oxygens (including phenoxy) is 1. The quantitative estimate of drug-likeness (QED) is 0.356. The van der Waals surface area contributed by atoms with Crippen molar-refractivity contribution in [2.75, 3.05) is 24.2 Å². The number of nitrogens with one attached hydrogen (secondary N) is 1. The number of ketones is 2. The molecule has 6 nitrogen and oxygen atoms in total. The van der Waals surface area contributed by atoms with Gasteiger partial charge in [-0.05, 0) is 56.2 Å². The van der Waals surface area contributed by atoms with Crippen molar-refractivity contribution in [3.8, 4) is 5.75 Å². The van der Waals surface area contributed by atoms with Crippen LogP contribution in [0.4, 0.5) is 17.1 Å². The maximum atomic E-state index is 13.5. The number of benzene rings is 3. The number of nitrogens with two attached hydrogens (primary N) is 2. The Labute approximate surface area is 199 Å². The highest BCUT2D eigenvalue weighted by Gasteiger charge is 2.35. The van der Waals surface area contributed by atoms with Crippen molar-refractivity contribution in [3.63, 3.8) is 0 Å². The molecule has 0 heterocycles. The average molecular weight is 456 g/mol. The Bertz CT molecular complexity index is 1230. The number of nitrogen functional groups attached to an aromatic ring is 1. The Kier molecular flexibility index (Phi) is 6.07. The van der Waals surface area contributed by atoms with Crippen LogP contribution in [0.1, 0.15) is 57.5 Å². The summed E-state index contributed by atoms with van der Waals surface area (Å²) in [6, 6.07) is 18.2. The van der Waals surface area contributed by atoms with Crippen LogP contribution in [0.5, 0.6) is 5.75 Å². The highest BCUT2D eigenvalue weighted by Crippen LogP contribution is 2.42. The van der Waals surface area contributed by atoms with Crippen molar-refractivity contribution in [1.29, 1.82) is 0 Å². The highest BCUT2D eigenvalue weighted by atomic mass is 16.5. The number of hydrogen-bond acceptors (Lipinski definition) is 6. The van der Waals surface area contributed by atoms with E-state index in [0.29, 0.717) is 46.6 Å². The van der Waals surface area contributed by atoms with E-state index in [1.807, 2.05) is 30.3 Å². The van der Waals surface area contributed by atoms with E-state index in [0.717, 1.165) is 37.9 Å². The van der Waals surface area contributed by atoms with Gasteiger partial charge in [0.25, 0.3) is 0 Å². The van der Waals surface area contributed by atoms with Gasteiger partial charge in [0.05, 0.1) is 29.1 Å². The summed E-state index contributed by atoms with van der Waals surface area (Å²) >= 11 is 0. The van der Waals surface area contributed by atoms with Gasteiger partial charge in [0, 0.05) is 22.9 Å². The van der Waals surface area contributed by atoms with Gasteiger partial charge in [-0.2, -0.15) is 0 Å². The zero-order chi connectivity index (χ0) is 23.7. The number of rotatable bonds is 6. The van der Waals surface area contributed by atoms with Crippen LogP contribution >= 0.6 is 0 Å². The molecule has 0 aliphatic heterocycles. The summed E-state index contributed by atoms with van der Waals surface area (Å²) in [5, 5.41) is 3.31. The lowest BCUT2D eigenvalue weighted by atomic mass is 9.81. The van der Waals surface area contributed by atoms with E-state index in [2.05, 4.69) is 5.32 Å². The third-order valence-electron chi connectivity index (χ3n) is 7.03. The van der Waals surface area contributed by atoms with Gasteiger partial charge < -0.3 is 21.5 Å². The number of carbonyl (C=O) groups is 2. The van der Waals surface area contributed by atoms with Gasteiger partial charge in [-0.25, -0.2) is 0 Å². The van der Waals surface area contributed by atoms with E-state index in [1.54, 1.807) is 30.3 Å². The number of anilines is 3. The molecular formula is C28H29N3O3. The Morgan fingerprint density at radius 2 is 1.41 bits per heavy atom. The lowest BCUT2D eigenvalue weighted by Crippen LogP contribution is -2.26. The first-order chi connectivity index (χ1) is 16.6. The minimum atomic E-state index is -0.257. The second-order valence-electron chi connectivity index (χ2n) is 9.21. The predicted molar refractivity (Wildman–Crippen MR) is 134 cm³/mol. The fourth-order valence-corrected chi connectivity index (χ4v) is 5.03. The molecule has 0 saturated heterocycles. The van der Waals surface area contributed by atoms with E-state index in [-0.39, 0.29) is 22.8 Å². The van der Waals surface area contributed by atoms with E-state index in [1.165, 1.54) is 0 Å². The van der Waals surface area contributed by atoms with Gasteiger partial charge >= 0.3 is 0 Å². The van der Waals surface area contributed by atoms with E-state index >= 15 is 0 Å². The fourth-order valence-electron chi connectivity index (χ4n) is 5.03. The Hall–Kier alpha value is -3.64. The number of fused-ring (bicyclic) bond motifs is 2. The second kappa shape index (κ2) is 9.31. The van der Waals surface area contributed by atoms with Crippen molar-refractivity contribution < 1.29 is 14.3 Å². The molecule has 0 unspecified atom stereocenters. The van der Waals surface area contributed by atoms with Gasteiger partial charge in [0.15, 0.2) is 11.6 Å². The fraction of sp³-hybridized carbons (Fsp3) is 0.286. The van der Waals surface area contributed by atoms with Crippen LogP contribution in [-0.2, 0) is 0 Å². The maximum Gasteiger partial charge on any atom is 0.196 e. The molecule has 2 aliphatic rings. The number of hydrogen-bond donors (Lipinski definition) is 3. The molecular weight excluding hydrogens is 426 g/mol. The molecule has 0 spiro atoms. The van der Waals surface area contributed by atoms with Gasteiger partial charge in [0.1, 0.15) is 5.75 Å². The summed E-state index contributed by atoms with van der Waals surface area (Å²) in [4.78, 5) is 27.0. The first kappa shape index (κ1) is 22.2. The molecule has 0 aromatic heterocycles. The van der Waals surface area contributed by atoms with Crippen LogP contribution in [0.2, 0.25) is 0 Å². The third kappa shape index (κ3) is 4.05. The van der Waals surface area contributed by atoms with Gasteiger partial charge in [0.2, 0.25) is 0 Å². The molecule has 5 N–H and O–H groups in total. The number of carbonyl (C=O) groups excluding carboxylic acids is 2. The molecule has 3 aromatic carbocycles. The van der Waals surface area contributed by atoms with Crippen molar-refractivity contribution in [2.45, 2.75) is 25.7 Å². The van der Waals surface area contributed by atoms with Crippen molar-refractivity contribution in [2.24, 2.45) is 17.6 Å². The zero-order valence-electron chi connectivity index (χ0n) is 19.1. The molecule has 1 fully saturated rings. The van der Waals surface area contributed by atoms with E-state index in [9.17, 15) is 9.59 Å². The molecule has 0 atom stereocenters. The lowest BCUT2D eigenvalue weighted by molar-refractivity contribution is 0.0980. The van der Waals surface area contributed by atoms with Crippen LogP contribution in [0, 0.1) is 11.8 Å². The minimum absolute atomic E-state index is 0.214. The molecule has 1 saturated carbocycles. The molecule has 34 heavy (non-hydrogen) atoms. The predicted octanol–water partition coefficient (Wildman–Crippen LogP) is 4.93. The Morgan fingerprint density at radius 3 is 2.06 bits per heavy atom. The smallest absolute Gasteiger partial charge is 0.196 e. The average Bonchev–Trinajstić information content (AvgIpc) is 2.88. The Morgan fingerprint density at radius 1 is 0.824 bits per heavy atom. The van der Waals surface area contributed by atoms with Gasteiger partial charge in [-0.15, -0.1) is 0 Å². The summed E-state index contributed by atoms with van der Waals surface area (Å²) in [7, 11) is 0. The normalized spacial score (nSPS) is 19.3. The van der Waals surface area contributed by atoms with Crippen LogP contribution in [0.3, 0.4) is 0 Å². The summed E-state index contributed by atoms with van der Waals surface area (Å²) < 4.78 is 6.20. The summed E-state index contributed by atoms with van der Waals surface area (Å²) in [6.07, 6.45) is 4.34. The molecule has 6 heteroatoms. The molecule has 5 rings (SSSR count). The largest absolute Gasteiger partial charge is 0.491 e. The first-order valence-corrected chi connectivity index (χ1v) is 11.9. The standard InChI is InChI=1S/C28H29N3O3/c29-15-17-10-12-18(13-11-17)16-34-23-14-22(31-19-6-2-1-3-7-19)24-25(26(23)30)28(33)21-9-5-4-8-20(21)27(24)32/h1-9,14,17-18,31H,10-13,15-16,29-30H2. The summed E-state index contributed by atoms with van der Waals surface area (Å²) in [5.74, 6) is 0.964. The molecule has 0 radical (unpaired) electrons. The van der Waals surface area contributed by atoms with Crippen molar-refractivity contribution in [1.82, 2.24) is 0 Å². The molecule has 174 valence electrons. The maximum absolute atomic E-state index is 13.5. The molecule has 2 aliphatic carbocycles. The van der Waals surface area contributed by atoms with Crippen LogP contribution < -0.4 is 21.5 Å². The van der Waals surface area contributed by atoms with Crippen LogP contribution in [-0.4, -0.2) is 24.7 Å². The number of para-hydroxylation sites is 1. The van der Waals surface area contributed by atoms with Gasteiger partial charge in [-0.3, -0.25) is 9.59 Å². The summed E-state index contributed by atoms with van der Waals surface area (Å²) in [5.41, 5.74) is 15.1. The molecule has 3 aromatic rings. The molecule has 0 amide bonds. The topological polar surface area (TPSA) is 107 Å². The van der Waals surface area contributed by atoms with E-state index in [4.69, 9.17) is 16.2 Å². The minimum Gasteiger partial charge on any atom is -0.491 e. The second-order valence-corrected chi connectivity index (χ2v) is 9.21. The SMILES string of the molecule is NCC1CCC(COc2cc(Nc3ccccc3)c3c(c2N)C(=O)c2ccccc2C3=O)CC1. The summed E-state index contributed by atoms with van der Waals surface area (Å²) in [6.45, 7) is 1.25. The zero-order valence-corrected chi connectivity index (χ0v) is 19.1. The lowest BCUT2D eigenvalue weighted by Gasteiger charge is -2.28. The third-order valence-corrected chi connectivity index (χ3v) is 7.03. The first-order valence-electron chi connectivity index (χ1n) is 11.9. The van der Waals surface area contributed by atoms with Gasteiger partial charge in [-0.1, -0.05) is 42.5 Å². The van der Waals surface area contributed by atoms with Crippen molar-refractivity contribution >= 4 is 28.6 Å². The monoisotopic (exact) mass is 455 g/mol. The molecule has 0 bridgehead atoms.